The summed E-state index contributed by atoms with van der Waals surface area (Å²) in [5, 5.41) is 0.656. The number of hydrogen-bond acceptors (Lipinski definition) is 9. The van der Waals surface area contributed by atoms with Crippen LogP contribution in [-0.2, 0) is 4.74 Å². The largest absolute Gasteiger partial charge is 0.484 e. The number of nitrogens with two attached hydrogens (primary N) is 1. The molecule has 4 aliphatic rings. The number of thiophene rings is 1. The van der Waals surface area contributed by atoms with E-state index in [2.05, 4.69) is 20.9 Å². The molecule has 2 aromatic heterocycles. The molecule has 4 aliphatic heterocycles. The molecule has 0 radical (unpaired) electrons. The first kappa shape index (κ1) is 33.1. The molecular formula is C30H26CeF5IN5O3S-. The van der Waals surface area contributed by atoms with Crippen molar-refractivity contribution in [1.82, 2.24) is 14.9 Å². The summed E-state index contributed by atoms with van der Waals surface area (Å²) in [7, 11) is 0. The monoisotopic (exact) mass is 898 g/mol. The van der Waals surface area contributed by atoms with Crippen LogP contribution in [-0.4, -0.2) is 84.6 Å². The number of anilines is 2. The van der Waals surface area contributed by atoms with Crippen LogP contribution in [0, 0.1) is 63.0 Å². The SMILES string of the molecule is Nc1[c-]c2c(-c3c(I)c4c5c(nc(OCC67CCCN6C[C@H](F)C7)nc5c3F)N(CC(F)F)C3COCC3O4)ccc(F)c2s1.[Ce]. The van der Waals surface area contributed by atoms with Crippen molar-refractivity contribution in [3.63, 3.8) is 0 Å². The van der Waals surface area contributed by atoms with Crippen LogP contribution in [0.25, 0.3) is 32.1 Å². The summed E-state index contributed by atoms with van der Waals surface area (Å²) in [6.45, 7) is 0.626. The second kappa shape index (κ2) is 12.5. The molecule has 0 aliphatic carbocycles. The van der Waals surface area contributed by atoms with Gasteiger partial charge < -0.3 is 24.8 Å². The fraction of sp³-hybridized carbons (Fsp3) is 0.467. The van der Waals surface area contributed by atoms with Crippen LogP contribution in [0.1, 0.15) is 19.3 Å². The molecule has 2 N–H and O–H groups in total. The third-order valence-electron chi connectivity index (χ3n) is 9.29. The van der Waals surface area contributed by atoms with Gasteiger partial charge >= 0.3 is 6.01 Å². The minimum absolute atomic E-state index is 0. The van der Waals surface area contributed by atoms with Crippen LogP contribution >= 0.6 is 33.9 Å². The van der Waals surface area contributed by atoms with Crippen molar-refractivity contribution in [3.05, 3.63) is 33.4 Å². The maximum Gasteiger partial charge on any atom is 0.319 e. The number of rotatable bonds is 6. The van der Waals surface area contributed by atoms with E-state index in [9.17, 15) is 17.6 Å². The Balaban J connectivity index is 0.00000338. The first-order valence-electron chi connectivity index (χ1n) is 14.6. The van der Waals surface area contributed by atoms with Crippen LogP contribution in [0.3, 0.4) is 0 Å². The van der Waals surface area contributed by atoms with Gasteiger partial charge in [0.15, 0.2) is 0 Å². The van der Waals surface area contributed by atoms with Crippen LogP contribution in [0.2, 0.25) is 0 Å². The maximum absolute atomic E-state index is 17.0. The van der Waals surface area contributed by atoms with Gasteiger partial charge in [-0.05, 0) is 58.3 Å². The predicted octanol–water partition coefficient (Wildman–Crippen LogP) is 5.96. The number of hydrogen-bond donors (Lipinski definition) is 1. The summed E-state index contributed by atoms with van der Waals surface area (Å²) in [6, 6.07) is 4.75. The molecule has 0 amide bonds. The molecule has 4 aromatic rings. The van der Waals surface area contributed by atoms with Gasteiger partial charge in [-0.15, -0.1) is 17.7 Å². The molecule has 0 spiro atoms. The third-order valence-corrected chi connectivity index (χ3v) is 11.2. The van der Waals surface area contributed by atoms with Gasteiger partial charge in [-0.3, -0.25) is 4.90 Å². The average Bonchev–Trinajstić information content (AvgIpc) is 3.76. The quantitative estimate of drug-likeness (QED) is 0.144. The molecule has 242 valence electrons. The first-order chi connectivity index (χ1) is 21.6. The van der Waals surface area contributed by atoms with E-state index >= 15 is 4.39 Å². The molecule has 6 heterocycles. The fourth-order valence-electron chi connectivity index (χ4n) is 7.36. The van der Waals surface area contributed by atoms with Gasteiger partial charge in [0.1, 0.15) is 41.8 Å². The molecule has 2 aromatic carbocycles. The number of benzene rings is 2. The summed E-state index contributed by atoms with van der Waals surface area (Å²) < 4.78 is 93.1. The number of nitrogens with zero attached hydrogens (tertiary/aromatic N) is 4. The Morgan fingerprint density at radius 2 is 2.07 bits per heavy atom. The van der Waals surface area contributed by atoms with Gasteiger partial charge in [-0.1, -0.05) is 0 Å². The Bertz CT molecular complexity index is 1850. The summed E-state index contributed by atoms with van der Waals surface area (Å²) in [5.41, 5.74) is 5.62. The van der Waals surface area contributed by atoms with Gasteiger partial charge in [-0.2, -0.15) is 26.7 Å². The molecular weight excluding hydrogens is 872 g/mol. The molecule has 16 heteroatoms. The van der Waals surface area contributed by atoms with E-state index < -0.39 is 48.5 Å². The standard InChI is InChI=1S/C30H26F5IN5O3S.Ce/c31-13-7-30(4-1-5-40(30)8-13)12-43-29-38-25-22-26(44-18-11-42-10-17(18)41(9-19(33)34)28(22)39-29)24(36)21(23(25)35)14-2-3-16(32)27-15(14)6-20(37)45-27;/h2-3,13,17-19H,1,4-5,7-12,37H2;/q-1;/t13-,17?,18?,30?;/m1./s1. The minimum Gasteiger partial charge on any atom is -0.484 e. The Morgan fingerprint density at radius 3 is 2.87 bits per heavy atom. The number of ether oxygens (including phenoxy) is 3. The van der Waals surface area contributed by atoms with Crippen molar-refractivity contribution in [2.45, 2.75) is 49.5 Å². The van der Waals surface area contributed by atoms with Crippen molar-refractivity contribution in [3.8, 4) is 22.9 Å². The smallest absolute Gasteiger partial charge is 0.319 e. The van der Waals surface area contributed by atoms with Gasteiger partial charge in [0.05, 0.1) is 46.1 Å². The van der Waals surface area contributed by atoms with Gasteiger partial charge in [0.25, 0.3) is 6.43 Å². The van der Waals surface area contributed by atoms with E-state index in [-0.39, 0.29) is 105 Å². The summed E-state index contributed by atoms with van der Waals surface area (Å²) in [5.74, 6) is -1.06. The second-order valence-electron chi connectivity index (χ2n) is 11.9. The fourth-order valence-corrected chi connectivity index (χ4v) is 9.08. The maximum atomic E-state index is 17.0. The zero-order valence-corrected chi connectivity index (χ0v) is 30.2. The summed E-state index contributed by atoms with van der Waals surface area (Å²) in [6.07, 6.45) is -2.50. The van der Waals surface area contributed by atoms with Crippen LogP contribution < -0.4 is 20.1 Å². The molecule has 3 fully saturated rings. The van der Waals surface area contributed by atoms with E-state index in [1.54, 1.807) is 0 Å². The topological polar surface area (TPSA) is 86.0 Å². The normalized spacial score (nSPS) is 25.5. The Hall–Kier alpha value is -1.38. The number of alkyl halides is 3. The van der Waals surface area contributed by atoms with Crippen molar-refractivity contribution in [1.29, 1.82) is 0 Å². The number of halogens is 6. The van der Waals surface area contributed by atoms with E-state index in [0.29, 0.717) is 27.5 Å². The van der Waals surface area contributed by atoms with E-state index in [1.165, 1.54) is 17.0 Å². The number of nitrogen functional groups attached to an aromatic ring is 1. The van der Waals surface area contributed by atoms with Crippen LogP contribution in [0.4, 0.5) is 32.8 Å². The second-order valence-corrected chi connectivity index (χ2v) is 14.1. The molecule has 46 heavy (non-hydrogen) atoms. The summed E-state index contributed by atoms with van der Waals surface area (Å²) >= 11 is 2.95. The zero-order chi connectivity index (χ0) is 31.2. The van der Waals surface area contributed by atoms with Gasteiger partial charge in [-0.25, -0.2) is 22.0 Å². The van der Waals surface area contributed by atoms with Gasteiger partial charge in [0, 0.05) is 59.7 Å². The Labute approximate surface area is 311 Å². The number of aromatic nitrogens is 2. The van der Waals surface area contributed by atoms with Gasteiger partial charge in [0.2, 0.25) is 0 Å². The number of fused-ring (bicyclic) bond motifs is 3. The van der Waals surface area contributed by atoms with Crippen molar-refractivity contribution in [2.24, 2.45) is 0 Å². The first-order valence-corrected chi connectivity index (χ1v) is 16.5. The Kier molecular flexibility index (Phi) is 9.00. The van der Waals surface area contributed by atoms with E-state index in [0.717, 1.165) is 30.7 Å². The predicted molar refractivity (Wildman–Crippen MR) is 167 cm³/mol. The van der Waals surface area contributed by atoms with Crippen LogP contribution in [0.5, 0.6) is 11.8 Å². The third kappa shape index (κ3) is 5.34. The van der Waals surface area contributed by atoms with E-state index in [1.807, 2.05) is 22.6 Å². The molecule has 0 saturated carbocycles. The zero-order valence-electron chi connectivity index (χ0n) is 24.1. The molecule has 4 atom stereocenters. The van der Waals surface area contributed by atoms with Crippen molar-refractivity contribution >= 4 is 65.7 Å². The van der Waals surface area contributed by atoms with Crippen molar-refractivity contribution < 1.29 is 77.9 Å². The Morgan fingerprint density at radius 1 is 1.24 bits per heavy atom. The minimum atomic E-state index is -2.75. The molecule has 8 rings (SSSR count). The van der Waals surface area contributed by atoms with Crippen molar-refractivity contribution in [2.75, 3.05) is 50.1 Å². The molecule has 0 bridgehead atoms. The average molecular weight is 899 g/mol. The summed E-state index contributed by atoms with van der Waals surface area (Å²) in [4.78, 5) is 12.5. The molecule has 3 saturated heterocycles. The van der Waals surface area contributed by atoms with Crippen LogP contribution in [0.15, 0.2) is 12.1 Å². The molecule has 3 unspecified atom stereocenters. The molecule has 8 nitrogen and oxygen atoms in total. The van der Waals surface area contributed by atoms with E-state index in [4.69, 9.17) is 19.9 Å².